The first-order valence-electron chi connectivity index (χ1n) is 6.37. The number of nitrogens with one attached hydrogen (secondary N) is 1. The molecular formula is C14H19NO2S. The minimum atomic E-state index is 0.207. The van der Waals surface area contributed by atoms with Gasteiger partial charge in [0.25, 0.3) is 0 Å². The second-order valence-corrected chi connectivity index (χ2v) is 5.46. The van der Waals surface area contributed by atoms with Crippen molar-refractivity contribution >= 4 is 17.5 Å². The van der Waals surface area contributed by atoms with Crippen LogP contribution in [0.3, 0.4) is 0 Å². The van der Waals surface area contributed by atoms with Crippen molar-refractivity contribution in [2.45, 2.75) is 19.4 Å². The maximum atomic E-state index is 12.1. The van der Waals surface area contributed by atoms with Crippen LogP contribution in [0.15, 0.2) is 24.3 Å². The van der Waals surface area contributed by atoms with Gasteiger partial charge in [0.2, 0.25) is 0 Å². The van der Waals surface area contributed by atoms with Crippen molar-refractivity contribution in [1.29, 1.82) is 0 Å². The van der Waals surface area contributed by atoms with E-state index < -0.39 is 0 Å². The van der Waals surface area contributed by atoms with Crippen molar-refractivity contribution in [1.82, 2.24) is 5.32 Å². The number of ketones is 1. The summed E-state index contributed by atoms with van der Waals surface area (Å²) >= 11 is 1.91. The van der Waals surface area contributed by atoms with Gasteiger partial charge in [0.1, 0.15) is 5.75 Å². The van der Waals surface area contributed by atoms with E-state index in [-0.39, 0.29) is 5.78 Å². The Balaban J connectivity index is 1.91. The van der Waals surface area contributed by atoms with Crippen molar-refractivity contribution in [2.24, 2.45) is 0 Å². The fourth-order valence-corrected chi connectivity index (χ4v) is 2.95. The highest BCUT2D eigenvalue weighted by atomic mass is 32.2. The molecule has 1 atom stereocenters. The highest BCUT2D eigenvalue weighted by molar-refractivity contribution is 7.99. The lowest BCUT2D eigenvalue weighted by Gasteiger charge is -2.22. The lowest BCUT2D eigenvalue weighted by atomic mass is 10.0. The number of rotatable bonds is 5. The number of benzene rings is 1. The quantitative estimate of drug-likeness (QED) is 0.830. The van der Waals surface area contributed by atoms with Gasteiger partial charge in [-0.15, -0.1) is 0 Å². The molecule has 4 heteroatoms. The van der Waals surface area contributed by atoms with Gasteiger partial charge in [-0.05, 0) is 31.2 Å². The van der Waals surface area contributed by atoms with Crippen LogP contribution in [0.4, 0.5) is 0 Å². The Labute approximate surface area is 112 Å². The average molecular weight is 265 g/mol. The number of ether oxygens (including phenoxy) is 1. The van der Waals surface area contributed by atoms with Crippen LogP contribution in [0.5, 0.6) is 5.75 Å². The Hall–Kier alpha value is -1.00. The van der Waals surface area contributed by atoms with Crippen LogP contribution in [0, 0.1) is 0 Å². The van der Waals surface area contributed by atoms with Crippen LogP contribution in [-0.4, -0.2) is 36.5 Å². The highest BCUT2D eigenvalue weighted by Gasteiger charge is 2.17. The molecule has 0 bridgehead atoms. The summed E-state index contributed by atoms with van der Waals surface area (Å²) < 4.78 is 5.36. The third-order valence-corrected chi connectivity index (χ3v) is 4.05. The van der Waals surface area contributed by atoms with E-state index in [2.05, 4.69) is 5.32 Å². The zero-order valence-corrected chi connectivity index (χ0v) is 11.5. The van der Waals surface area contributed by atoms with Gasteiger partial charge in [-0.1, -0.05) is 0 Å². The Morgan fingerprint density at radius 2 is 2.22 bits per heavy atom. The molecule has 1 fully saturated rings. The standard InChI is InChI=1S/C14H19NO2S/c1-2-17-13-5-3-11(4-6-13)14(16)9-12-10-18-8-7-15-12/h3-6,12,15H,2,7-10H2,1H3. The summed E-state index contributed by atoms with van der Waals surface area (Å²) in [7, 11) is 0. The van der Waals surface area contributed by atoms with Gasteiger partial charge in [0, 0.05) is 36.1 Å². The van der Waals surface area contributed by atoms with Crippen LogP contribution < -0.4 is 10.1 Å². The summed E-state index contributed by atoms with van der Waals surface area (Å²) in [5.74, 6) is 3.20. The molecule has 0 amide bonds. The molecule has 98 valence electrons. The molecule has 1 aliphatic heterocycles. The summed E-state index contributed by atoms with van der Waals surface area (Å²) in [4.78, 5) is 12.1. The first-order valence-corrected chi connectivity index (χ1v) is 7.52. The van der Waals surface area contributed by atoms with E-state index in [1.165, 1.54) is 0 Å². The number of hydrogen-bond donors (Lipinski definition) is 1. The van der Waals surface area contributed by atoms with Gasteiger partial charge in [-0.3, -0.25) is 4.79 Å². The van der Waals surface area contributed by atoms with Gasteiger partial charge >= 0.3 is 0 Å². The molecule has 0 spiro atoms. The summed E-state index contributed by atoms with van der Waals surface area (Å²) in [5.41, 5.74) is 0.774. The molecule has 1 saturated heterocycles. The molecule has 3 nitrogen and oxygen atoms in total. The molecule has 1 aromatic rings. The van der Waals surface area contributed by atoms with Gasteiger partial charge in [0.05, 0.1) is 6.61 Å². The minimum Gasteiger partial charge on any atom is -0.494 e. The lowest BCUT2D eigenvalue weighted by Crippen LogP contribution is -2.38. The van der Waals surface area contributed by atoms with E-state index in [1.54, 1.807) is 0 Å². The van der Waals surface area contributed by atoms with Crippen molar-refractivity contribution in [3.8, 4) is 5.75 Å². The fraction of sp³-hybridized carbons (Fsp3) is 0.500. The topological polar surface area (TPSA) is 38.3 Å². The molecular weight excluding hydrogens is 246 g/mol. The second kappa shape index (κ2) is 6.81. The Morgan fingerprint density at radius 3 is 2.83 bits per heavy atom. The van der Waals surface area contributed by atoms with Crippen molar-refractivity contribution in [2.75, 3.05) is 24.7 Å². The number of carbonyl (C=O) groups excluding carboxylic acids is 1. The molecule has 1 N–H and O–H groups in total. The normalized spacial score (nSPS) is 19.5. The van der Waals surface area contributed by atoms with Gasteiger partial charge in [0.15, 0.2) is 5.78 Å². The van der Waals surface area contributed by atoms with Crippen LogP contribution in [0.2, 0.25) is 0 Å². The van der Waals surface area contributed by atoms with Gasteiger partial charge in [-0.25, -0.2) is 0 Å². The van der Waals surface area contributed by atoms with Crippen LogP contribution in [0.25, 0.3) is 0 Å². The molecule has 1 heterocycles. The SMILES string of the molecule is CCOc1ccc(C(=O)CC2CSCCN2)cc1. The van der Waals surface area contributed by atoms with Crippen molar-refractivity contribution in [3.63, 3.8) is 0 Å². The Kier molecular flexibility index (Phi) is 5.08. The monoisotopic (exact) mass is 265 g/mol. The molecule has 0 radical (unpaired) electrons. The molecule has 18 heavy (non-hydrogen) atoms. The zero-order valence-electron chi connectivity index (χ0n) is 10.6. The first kappa shape index (κ1) is 13.4. The molecule has 1 aromatic carbocycles. The molecule has 0 aliphatic carbocycles. The van der Waals surface area contributed by atoms with Gasteiger partial charge in [-0.2, -0.15) is 11.8 Å². The molecule has 0 saturated carbocycles. The minimum absolute atomic E-state index is 0.207. The Bertz CT molecular complexity index is 385. The number of hydrogen-bond acceptors (Lipinski definition) is 4. The molecule has 0 aromatic heterocycles. The van der Waals surface area contributed by atoms with Crippen molar-refractivity contribution < 1.29 is 9.53 Å². The summed E-state index contributed by atoms with van der Waals surface area (Å²) in [5, 5.41) is 3.39. The third-order valence-electron chi connectivity index (χ3n) is 2.92. The van der Waals surface area contributed by atoms with Crippen LogP contribution in [0.1, 0.15) is 23.7 Å². The lowest BCUT2D eigenvalue weighted by molar-refractivity contribution is 0.0972. The van der Waals surface area contributed by atoms with Crippen molar-refractivity contribution in [3.05, 3.63) is 29.8 Å². The van der Waals surface area contributed by atoms with E-state index in [4.69, 9.17) is 4.74 Å². The first-order chi connectivity index (χ1) is 8.79. The number of thioether (sulfide) groups is 1. The number of Topliss-reactive ketones (excluding diaryl/α,β-unsaturated/α-hetero) is 1. The molecule has 1 aliphatic rings. The fourth-order valence-electron chi connectivity index (χ4n) is 2.00. The maximum absolute atomic E-state index is 12.1. The highest BCUT2D eigenvalue weighted by Crippen LogP contribution is 2.16. The number of carbonyl (C=O) groups is 1. The third kappa shape index (κ3) is 3.75. The summed E-state index contributed by atoms with van der Waals surface area (Å²) in [6.45, 7) is 3.61. The predicted octanol–water partition coefficient (Wildman–Crippen LogP) is 2.36. The van der Waals surface area contributed by atoms with E-state index in [0.29, 0.717) is 19.1 Å². The molecule has 1 unspecified atom stereocenters. The summed E-state index contributed by atoms with van der Waals surface area (Å²) in [6, 6.07) is 7.74. The second-order valence-electron chi connectivity index (χ2n) is 4.31. The molecule has 2 rings (SSSR count). The van der Waals surface area contributed by atoms with E-state index in [1.807, 2.05) is 43.0 Å². The average Bonchev–Trinajstić information content (AvgIpc) is 2.41. The van der Waals surface area contributed by atoms with Crippen LogP contribution in [-0.2, 0) is 0 Å². The largest absolute Gasteiger partial charge is 0.494 e. The smallest absolute Gasteiger partial charge is 0.164 e. The van der Waals surface area contributed by atoms with E-state index >= 15 is 0 Å². The Morgan fingerprint density at radius 1 is 1.44 bits per heavy atom. The van der Waals surface area contributed by atoms with E-state index in [9.17, 15) is 4.79 Å². The van der Waals surface area contributed by atoms with E-state index in [0.717, 1.165) is 29.4 Å². The van der Waals surface area contributed by atoms with Gasteiger partial charge < -0.3 is 10.1 Å². The zero-order chi connectivity index (χ0) is 12.8. The summed E-state index contributed by atoms with van der Waals surface area (Å²) in [6.07, 6.45) is 0.584. The predicted molar refractivity (Wildman–Crippen MR) is 75.7 cm³/mol. The van der Waals surface area contributed by atoms with Crippen LogP contribution >= 0.6 is 11.8 Å². The maximum Gasteiger partial charge on any atom is 0.164 e.